The number of rotatable bonds is 1. The molecule has 0 aromatic heterocycles. The molecule has 1 heterocycles. The number of hydrogen-bond acceptors (Lipinski definition) is 0. The Morgan fingerprint density at radius 1 is 1.62 bits per heavy atom. The van der Waals surface area contributed by atoms with Gasteiger partial charge in [0.05, 0.1) is 0 Å². The van der Waals surface area contributed by atoms with Crippen LogP contribution < -0.4 is 21.2 Å². The maximum absolute atomic E-state index is 2.46. The van der Waals surface area contributed by atoms with Gasteiger partial charge in [0.2, 0.25) is 0 Å². The Morgan fingerprint density at radius 2 is 2.38 bits per heavy atom. The fraction of sp³-hybridized carbons (Fsp3) is 1.00. The van der Waals surface area contributed by atoms with Gasteiger partial charge in [0.25, 0.3) is 0 Å². The predicted molar refractivity (Wildman–Crippen MR) is 37.0 cm³/mol. The molecule has 0 aromatic carbocycles. The molecule has 0 amide bonds. The standard InChI is InChI=1S/C6H13IP/c1-6(8-2)3-4-7-5-6/h8H,3-5H2,1-2H3/q-1. The third kappa shape index (κ3) is 1.57. The van der Waals surface area contributed by atoms with Gasteiger partial charge in [-0.25, -0.2) is 0 Å². The summed E-state index contributed by atoms with van der Waals surface area (Å²) >= 11 is 0.653. The van der Waals surface area contributed by atoms with Crippen molar-refractivity contribution in [3.8, 4) is 0 Å². The molecule has 0 nitrogen and oxygen atoms in total. The predicted octanol–water partition coefficient (Wildman–Crippen LogP) is -1.45. The third-order valence-corrected chi connectivity index (χ3v) is 7.65. The molecule has 0 saturated carbocycles. The first-order valence-electron chi connectivity index (χ1n) is 2.99. The minimum absolute atomic E-state index is 0.653. The van der Waals surface area contributed by atoms with Gasteiger partial charge in [-0.3, -0.25) is 0 Å². The summed E-state index contributed by atoms with van der Waals surface area (Å²) in [5.74, 6) is 0. The Kier molecular flexibility index (Phi) is 2.57. The summed E-state index contributed by atoms with van der Waals surface area (Å²) in [5.41, 5.74) is 0. The number of hydrogen-bond donors (Lipinski definition) is 0. The fourth-order valence-electron chi connectivity index (χ4n) is 0.809. The van der Waals surface area contributed by atoms with E-state index in [0.29, 0.717) is 21.2 Å². The van der Waals surface area contributed by atoms with Crippen LogP contribution in [0.25, 0.3) is 0 Å². The quantitative estimate of drug-likeness (QED) is 0.300. The molecule has 1 saturated heterocycles. The van der Waals surface area contributed by atoms with Crippen molar-refractivity contribution in [2.75, 3.05) is 15.5 Å². The van der Waals surface area contributed by atoms with Gasteiger partial charge in [-0.15, -0.1) is 0 Å². The summed E-state index contributed by atoms with van der Waals surface area (Å²) in [4.78, 5) is 0. The van der Waals surface area contributed by atoms with E-state index in [1.165, 1.54) is 15.0 Å². The maximum atomic E-state index is 2.46. The molecule has 0 aromatic rings. The molecule has 8 heavy (non-hydrogen) atoms. The first-order chi connectivity index (χ1) is 3.77. The van der Waals surface area contributed by atoms with E-state index in [2.05, 4.69) is 13.6 Å². The Balaban J connectivity index is 2.40. The van der Waals surface area contributed by atoms with E-state index in [-0.39, 0.29) is 0 Å². The van der Waals surface area contributed by atoms with Gasteiger partial charge in [-0.2, -0.15) is 0 Å². The Bertz CT molecular complexity index is 76.6. The van der Waals surface area contributed by atoms with Crippen LogP contribution in [0, 0.1) is 0 Å². The Hall–Kier alpha value is 1.16. The van der Waals surface area contributed by atoms with E-state index in [4.69, 9.17) is 0 Å². The van der Waals surface area contributed by atoms with Gasteiger partial charge in [0.1, 0.15) is 0 Å². The van der Waals surface area contributed by atoms with E-state index >= 15 is 0 Å². The van der Waals surface area contributed by atoms with Crippen molar-refractivity contribution >= 4 is 8.58 Å². The second-order valence-electron chi connectivity index (χ2n) is 2.57. The fourth-order valence-corrected chi connectivity index (χ4v) is 7.13. The van der Waals surface area contributed by atoms with E-state index in [9.17, 15) is 0 Å². The van der Waals surface area contributed by atoms with Crippen molar-refractivity contribution < 1.29 is 21.2 Å². The molecular formula is C6H13IP-. The number of alkyl halides is 2. The summed E-state index contributed by atoms with van der Waals surface area (Å²) in [6.45, 7) is 4.81. The molecule has 2 unspecified atom stereocenters. The minimum atomic E-state index is 0.653. The Labute approximate surface area is 63.9 Å². The molecule has 0 bridgehead atoms. The van der Waals surface area contributed by atoms with Gasteiger partial charge in [0, 0.05) is 0 Å². The average molecular weight is 243 g/mol. The normalized spacial score (nSPS) is 40.8. The molecule has 1 fully saturated rings. The zero-order valence-electron chi connectivity index (χ0n) is 5.50. The molecule has 0 spiro atoms. The van der Waals surface area contributed by atoms with Crippen LogP contribution in [0.3, 0.4) is 0 Å². The van der Waals surface area contributed by atoms with Crippen molar-refractivity contribution in [1.82, 2.24) is 0 Å². The van der Waals surface area contributed by atoms with Crippen LogP contribution in [-0.2, 0) is 0 Å². The van der Waals surface area contributed by atoms with Crippen LogP contribution in [0.4, 0.5) is 0 Å². The zero-order valence-corrected chi connectivity index (χ0v) is 8.66. The summed E-state index contributed by atoms with van der Waals surface area (Å²) in [6.07, 6.45) is 1.54. The molecule has 1 aliphatic rings. The molecule has 0 radical (unpaired) electrons. The van der Waals surface area contributed by atoms with Crippen molar-refractivity contribution in [3.63, 3.8) is 0 Å². The monoisotopic (exact) mass is 243 g/mol. The summed E-state index contributed by atoms with van der Waals surface area (Å²) in [5, 5.41) is 0.813. The third-order valence-electron chi connectivity index (χ3n) is 1.77. The van der Waals surface area contributed by atoms with Gasteiger partial charge >= 0.3 is 63.8 Å². The first-order valence-corrected chi connectivity index (χ1v) is 7.54. The summed E-state index contributed by atoms with van der Waals surface area (Å²) < 4.78 is 3.19. The van der Waals surface area contributed by atoms with Gasteiger partial charge in [-0.1, -0.05) is 0 Å². The summed E-state index contributed by atoms with van der Waals surface area (Å²) in [7, 11) is 1.19. The van der Waals surface area contributed by atoms with E-state index in [0.717, 1.165) is 5.16 Å². The van der Waals surface area contributed by atoms with E-state index in [1.807, 2.05) is 0 Å². The van der Waals surface area contributed by atoms with Gasteiger partial charge in [-0.05, 0) is 0 Å². The molecule has 1 rings (SSSR count). The van der Waals surface area contributed by atoms with E-state index in [1.54, 1.807) is 8.86 Å². The van der Waals surface area contributed by atoms with Crippen LogP contribution in [0.5, 0.6) is 0 Å². The molecule has 1 aliphatic heterocycles. The molecule has 2 atom stereocenters. The van der Waals surface area contributed by atoms with Gasteiger partial charge < -0.3 is 0 Å². The van der Waals surface area contributed by atoms with Crippen molar-refractivity contribution in [2.45, 2.75) is 18.5 Å². The second kappa shape index (κ2) is 2.83. The van der Waals surface area contributed by atoms with Crippen molar-refractivity contribution in [3.05, 3.63) is 0 Å². The molecule has 0 N–H and O–H groups in total. The zero-order chi connectivity index (χ0) is 6.04. The van der Waals surface area contributed by atoms with Crippen LogP contribution in [0.2, 0.25) is 0 Å². The van der Waals surface area contributed by atoms with Gasteiger partial charge in [0.15, 0.2) is 0 Å². The van der Waals surface area contributed by atoms with Crippen LogP contribution >= 0.6 is 8.58 Å². The first kappa shape index (κ1) is 7.27. The molecule has 0 aliphatic carbocycles. The Morgan fingerprint density at radius 3 is 2.62 bits per heavy atom. The van der Waals surface area contributed by atoms with Crippen LogP contribution in [-0.4, -0.2) is 20.7 Å². The summed E-state index contributed by atoms with van der Waals surface area (Å²) in [6, 6.07) is 0. The van der Waals surface area contributed by atoms with E-state index < -0.39 is 0 Å². The number of halogens is 1. The average Bonchev–Trinajstić information content (AvgIpc) is 2.17. The second-order valence-corrected chi connectivity index (χ2v) is 7.20. The van der Waals surface area contributed by atoms with Crippen LogP contribution in [0.15, 0.2) is 0 Å². The van der Waals surface area contributed by atoms with Crippen molar-refractivity contribution in [2.24, 2.45) is 0 Å². The van der Waals surface area contributed by atoms with Crippen molar-refractivity contribution in [1.29, 1.82) is 0 Å². The molecular weight excluding hydrogens is 230 g/mol. The topological polar surface area (TPSA) is 0 Å². The molecule has 50 valence electrons. The SMILES string of the molecule is CPC1(C)CC[I-]C1. The molecule has 2 heteroatoms. The van der Waals surface area contributed by atoms with Crippen LogP contribution in [0.1, 0.15) is 13.3 Å².